The fourth-order valence-corrected chi connectivity index (χ4v) is 2.36. The van der Waals surface area contributed by atoms with Crippen LogP contribution in [-0.2, 0) is 6.42 Å². The van der Waals surface area contributed by atoms with Crippen molar-refractivity contribution in [2.75, 3.05) is 7.11 Å². The van der Waals surface area contributed by atoms with Gasteiger partial charge in [0.15, 0.2) is 0 Å². The SMILES string of the molecule is COc1ccccc1C(O)Cc1cccc(Cl)c1Cl. The summed E-state index contributed by atoms with van der Waals surface area (Å²) in [7, 11) is 1.58. The first-order chi connectivity index (χ1) is 9.13. The van der Waals surface area contributed by atoms with Crippen molar-refractivity contribution in [3.63, 3.8) is 0 Å². The smallest absolute Gasteiger partial charge is 0.124 e. The molecule has 0 radical (unpaired) electrons. The van der Waals surface area contributed by atoms with Gasteiger partial charge in [-0.25, -0.2) is 0 Å². The van der Waals surface area contributed by atoms with Gasteiger partial charge in [-0.15, -0.1) is 0 Å². The van der Waals surface area contributed by atoms with Crippen LogP contribution in [0.1, 0.15) is 17.2 Å². The molecule has 100 valence electrons. The van der Waals surface area contributed by atoms with Crippen LogP contribution in [0.5, 0.6) is 5.75 Å². The Kier molecular flexibility index (Phi) is 4.70. The molecule has 0 aliphatic heterocycles. The Bertz CT molecular complexity index is 570. The summed E-state index contributed by atoms with van der Waals surface area (Å²) in [4.78, 5) is 0. The predicted molar refractivity (Wildman–Crippen MR) is 78.1 cm³/mol. The van der Waals surface area contributed by atoms with Crippen LogP contribution >= 0.6 is 23.2 Å². The number of benzene rings is 2. The number of hydrogen-bond acceptors (Lipinski definition) is 2. The van der Waals surface area contributed by atoms with E-state index in [4.69, 9.17) is 27.9 Å². The molecule has 1 atom stereocenters. The molecular weight excluding hydrogens is 283 g/mol. The lowest BCUT2D eigenvalue weighted by molar-refractivity contribution is 0.174. The third-order valence-electron chi connectivity index (χ3n) is 2.94. The second-order valence-corrected chi connectivity index (χ2v) is 4.96. The fraction of sp³-hybridized carbons (Fsp3) is 0.200. The highest BCUT2D eigenvalue weighted by molar-refractivity contribution is 6.42. The standard InChI is InChI=1S/C15H14Cl2O2/c1-19-14-8-3-2-6-11(14)13(18)9-10-5-4-7-12(16)15(10)17/h2-8,13,18H,9H2,1H3. The molecule has 1 unspecified atom stereocenters. The number of para-hydroxylation sites is 1. The molecular formula is C15H14Cl2O2. The highest BCUT2D eigenvalue weighted by Crippen LogP contribution is 2.32. The minimum atomic E-state index is -0.688. The van der Waals surface area contributed by atoms with Gasteiger partial charge >= 0.3 is 0 Å². The van der Waals surface area contributed by atoms with Gasteiger partial charge in [0, 0.05) is 12.0 Å². The molecule has 0 heterocycles. The topological polar surface area (TPSA) is 29.5 Å². The van der Waals surface area contributed by atoms with Crippen molar-refractivity contribution in [3.05, 3.63) is 63.6 Å². The Labute approximate surface area is 122 Å². The van der Waals surface area contributed by atoms with Crippen LogP contribution < -0.4 is 4.74 Å². The summed E-state index contributed by atoms with van der Waals surface area (Å²) in [5.41, 5.74) is 1.55. The number of hydrogen-bond donors (Lipinski definition) is 1. The largest absolute Gasteiger partial charge is 0.496 e. The van der Waals surface area contributed by atoms with Crippen LogP contribution in [0, 0.1) is 0 Å². The van der Waals surface area contributed by atoms with E-state index in [-0.39, 0.29) is 0 Å². The quantitative estimate of drug-likeness (QED) is 0.912. The molecule has 0 bridgehead atoms. The number of halogens is 2. The third kappa shape index (κ3) is 3.21. The van der Waals surface area contributed by atoms with E-state index in [2.05, 4.69) is 0 Å². The average Bonchev–Trinajstić information content (AvgIpc) is 2.43. The van der Waals surface area contributed by atoms with Crippen LogP contribution in [-0.4, -0.2) is 12.2 Å². The Morgan fingerprint density at radius 2 is 1.84 bits per heavy atom. The van der Waals surface area contributed by atoms with E-state index in [1.54, 1.807) is 13.2 Å². The monoisotopic (exact) mass is 296 g/mol. The van der Waals surface area contributed by atoms with Crippen molar-refractivity contribution in [1.82, 2.24) is 0 Å². The van der Waals surface area contributed by atoms with E-state index in [9.17, 15) is 5.11 Å². The van der Waals surface area contributed by atoms with Crippen LogP contribution in [0.15, 0.2) is 42.5 Å². The van der Waals surface area contributed by atoms with Gasteiger partial charge in [0.25, 0.3) is 0 Å². The highest BCUT2D eigenvalue weighted by atomic mass is 35.5. The fourth-order valence-electron chi connectivity index (χ4n) is 1.97. The van der Waals surface area contributed by atoms with Gasteiger partial charge in [-0.05, 0) is 17.7 Å². The summed E-state index contributed by atoms with van der Waals surface area (Å²) in [6, 6.07) is 12.8. The van der Waals surface area contributed by atoms with E-state index in [0.29, 0.717) is 22.2 Å². The normalized spacial score (nSPS) is 12.2. The van der Waals surface area contributed by atoms with E-state index in [0.717, 1.165) is 11.1 Å². The van der Waals surface area contributed by atoms with E-state index >= 15 is 0 Å². The predicted octanol–water partition coefficient (Wildman–Crippen LogP) is 4.28. The molecule has 2 aromatic carbocycles. The van der Waals surface area contributed by atoms with Crippen molar-refractivity contribution >= 4 is 23.2 Å². The summed E-state index contributed by atoms with van der Waals surface area (Å²) in [5.74, 6) is 0.660. The third-order valence-corrected chi connectivity index (χ3v) is 3.80. The van der Waals surface area contributed by atoms with Crippen molar-refractivity contribution in [2.45, 2.75) is 12.5 Å². The molecule has 0 aromatic heterocycles. The molecule has 0 amide bonds. The summed E-state index contributed by atoms with van der Waals surface area (Å²) < 4.78 is 5.24. The average molecular weight is 297 g/mol. The van der Waals surface area contributed by atoms with Crippen molar-refractivity contribution < 1.29 is 9.84 Å². The van der Waals surface area contributed by atoms with E-state index in [1.165, 1.54) is 0 Å². The lowest BCUT2D eigenvalue weighted by atomic mass is 10.0. The molecule has 2 nitrogen and oxygen atoms in total. The summed E-state index contributed by atoms with van der Waals surface area (Å²) in [6.45, 7) is 0. The van der Waals surface area contributed by atoms with Crippen LogP contribution in [0.25, 0.3) is 0 Å². The van der Waals surface area contributed by atoms with Crippen molar-refractivity contribution in [1.29, 1.82) is 0 Å². The summed E-state index contributed by atoms with van der Waals surface area (Å²) in [6.07, 6.45) is -0.299. The maximum absolute atomic E-state index is 10.3. The summed E-state index contributed by atoms with van der Waals surface area (Å²) >= 11 is 12.1. The number of aliphatic hydroxyl groups excluding tert-OH is 1. The molecule has 0 fully saturated rings. The maximum Gasteiger partial charge on any atom is 0.124 e. The molecule has 0 saturated carbocycles. The molecule has 0 aliphatic carbocycles. The highest BCUT2D eigenvalue weighted by Gasteiger charge is 2.15. The Balaban J connectivity index is 2.26. The van der Waals surface area contributed by atoms with Gasteiger partial charge in [-0.1, -0.05) is 53.5 Å². The number of rotatable bonds is 4. The van der Waals surface area contributed by atoms with E-state index < -0.39 is 6.10 Å². The molecule has 4 heteroatoms. The molecule has 1 N–H and O–H groups in total. The zero-order valence-corrected chi connectivity index (χ0v) is 11.9. The zero-order chi connectivity index (χ0) is 13.8. The molecule has 2 aromatic rings. The number of methoxy groups -OCH3 is 1. The second-order valence-electron chi connectivity index (χ2n) is 4.17. The first kappa shape index (κ1) is 14.2. The van der Waals surface area contributed by atoms with Crippen LogP contribution in [0.2, 0.25) is 10.0 Å². The minimum Gasteiger partial charge on any atom is -0.496 e. The van der Waals surface area contributed by atoms with Crippen LogP contribution in [0.3, 0.4) is 0 Å². The minimum absolute atomic E-state index is 0.389. The lowest BCUT2D eigenvalue weighted by Crippen LogP contribution is -2.04. The summed E-state index contributed by atoms with van der Waals surface area (Å²) in [5, 5.41) is 11.3. The van der Waals surface area contributed by atoms with Gasteiger partial charge in [0.2, 0.25) is 0 Å². The van der Waals surface area contributed by atoms with E-state index in [1.807, 2.05) is 36.4 Å². The van der Waals surface area contributed by atoms with Gasteiger partial charge < -0.3 is 9.84 Å². The Morgan fingerprint density at radius 1 is 1.11 bits per heavy atom. The molecule has 0 aliphatic rings. The van der Waals surface area contributed by atoms with Gasteiger partial charge in [-0.3, -0.25) is 0 Å². The molecule has 2 rings (SSSR count). The van der Waals surface area contributed by atoms with Crippen molar-refractivity contribution in [2.24, 2.45) is 0 Å². The Hall–Kier alpha value is -1.22. The Morgan fingerprint density at radius 3 is 2.58 bits per heavy atom. The number of aliphatic hydroxyl groups is 1. The molecule has 19 heavy (non-hydrogen) atoms. The second kappa shape index (κ2) is 6.29. The molecule has 0 spiro atoms. The van der Waals surface area contributed by atoms with Gasteiger partial charge in [0.05, 0.1) is 23.3 Å². The van der Waals surface area contributed by atoms with Gasteiger partial charge in [-0.2, -0.15) is 0 Å². The maximum atomic E-state index is 10.3. The number of ether oxygens (including phenoxy) is 1. The molecule has 0 saturated heterocycles. The first-order valence-corrected chi connectivity index (χ1v) is 6.63. The van der Waals surface area contributed by atoms with Crippen molar-refractivity contribution in [3.8, 4) is 5.75 Å². The zero-order valence-electron chi connectivity index (χ0n) is 10.4. The first-order valence-electron chi connectivity index (χ1n) is 5.87. The van der Waals surface area contributed by atoms with Crippen LogP contribution in [0.4, 0.5) is 0 Å². The van der Waals surface area contributed by atoms with Gasteiger partial charge in [0.1, 0.15) is 5.75 Å². The lowest BCUT2D eigenvalue weighted by Gasteiger charge is -2.15.